The lowest BCUT2D eigenvalue weighted by Crippen LogP contribution is -2.12. The average Bonchev–Trinajstić information content (AvgIpc) is 3.53. The Kier molecular flexibility index (Phi) is 5.56. The number of rotatable bonds is 7. The van der Waals surface area contributed by atoms with Gasteiger partial charge in [0, 0.05) is 36.6 Å². The van der Waals surface area contributed by atoms with Crippen LogP contribution in [0.5, 0.6) is 11.6 Å². The van der Waals surface area contributed by atoms with E-state index in [9.17, 15) is 8.42 Å². The van der Waals surface area contributed by atoms with Crippen molar-refractivity contribution in [3.8, 4) is 28.7 Å². The number of aromatic nitrogens is 4. The van der Waals surface area contributed by atoms with E-state index in [1.54, 1.807) is 49.4 Å². The van der Waals surface area contributed by atoms with Crippen molar-refractivity contribution in [1.82, 2.24) is 19.5 Å². The third-order valence-electron chi connectivity index (χ3n) is 4.90. The summed E-state index contributed by atoms with van der Waals surface area (Å²) >= 11 is 0. The van der Waals surface area contributed by atoms with Gasteiger partial charge in [-0.3, -0.25) is 4.72 Å². The molecule has 0 aliphatic carbocycles. The summed E-state index contributed by atoms with van der Waals surface area (Å²) in [5.74, 6) is 2.09. The number of aryl methyl sites for hydroxylation is 1. The zero-order chi connectivity index (χ0) is 23.5. The summed E-state index contributed by atoms with van der Waals surface area (Å²) in [6.45, 7) is 1.75. The van der Waals surface area contributed by atoms with Gasteiger partial charge in [0.25, 0.3) is 10.0 Å². The summed E-state index contributed by atoms with van der Waals surface area (Å²) in [6, 6.07) is 18.5. The molecule has 0 amide bonds. The van der Waals surface area contributed by atoms with Crippen LogP contribution in [0.2, 0.25) is 0 Å². The number of hydrogen-bond acceptors (Lipinski definition) is 7. The quantitative estimate of drug-likeness (QED) is 0.360. The molecule has 3 aromatic heterocycles. The molecular formula is C24H19N5O4S. The molecule has 0 aliphatic rings. The second-order valence-corrected chi connectivity index (χ2v) is 9.00. The molecule has 0 unspecified atom stereocenters. The number of hydrogen-bond donors (Lipinski definition) is 1. The highest BCUT2D eigenvalue weighted by molar-refractivity contribution is 7.92. The van der Waals surface area contributed by atoms with E-state index in [1.165, 1.54) is 24.7 Å². The van der Waals surface area contributed by atoms with Crippen LogP contribution in [0.4, 0.5) is 5.69 Å². The molecule has 5 rings (SSSR count). The molecule has 10 heteroatoms. The minimum atomic E-state index is -3.77. The smallest absolute Gasteiger partial charge is 0.261 e. The van der Waals surface area contributed by atoms with Crippen LogP contribution >= 0.6 is 0 Å². The minimum absolute atomic E-state index is 0.135. The summed E-state index contributed by atoms with van der Waals surface area (Å²) in [5.41, 5.74) is 1.82. The molecule has 0 spiro atoms. The van der Waals surface area contributed by atoms with E-state index < -0.39 is 10.0 Å². The average molecular weight is 474 g/mol. The van der Waals surface area contributed by atoms with Gasteiger partial charge in [-0.05, 0) is 48.5 Å². The maximum absolute atomic E-state index is 12.8. The van der Waals surface area contributed by atoms with Gasteiger partial charge >= 0.3 is 0 Å². The number of sulfonamides is 1. The number of nitrogens with one attached hydrogen (secondary N) is 1. The van der Waals surface area contributed by atoms with E-state index >= 15 is 0 Å². The molecular weight excluding hydrogens is 454 g/mol. The molecule has 0 aliphatic heterocycles. The Morgan fingerprint density at radius 2 is 1.71 bits per heavy atom. The Hall–Kier alpha value is -4.44. The Labute approximate surface area is 195 Å². The van der Waals surface area contributed by atoms with Crippen LogP contribution in [-0.4, -0.2) is 27.9 Å². The number of ether oxygens (including phenoxy) is 1. The molecule has 1 N–H and O–H groups in total. The summed E-state index contributed by atoms with van der Waals surface area (Å²) in [5, 5.41) is 0. The standard InChI is InChI=1S/C24H19N5O4S/c1-17-27-22(15-32-17)18-4-10-21(11-5-18)34(30,31)28-19-6-8-20(9-7-19)33-24-14-23(25-16-26-24)29-12-2-3-13-29/h2-16,28H,1H3. The van der Waals surface area contributed by atoms with Gasteiger partial charge in [0.05, 0.1) is 4.90 Å². The van der Waals surface area contributed by atoms with Gasteiger partial charge in [-0.1, -0.05) is 12.1 Å². The van der Waals surface area contributed by atoms with Gasteiger partial charge in [0.2, 0.25) is 5.88 Å². The molecule has 0 fully saturated rings. The molecule has 0 saturated carbocycles. The summed E-state index contributed by atoms with van der Waals surface area (Å²) < 4.78 is 41.0. The van der Waals surface area contributed by atoms with E-state index in [1.807, 2.05) is 29.1 Å². The Morgan fingerprint density at radius 1 is 0.971 bits per heavy atom. The van der Waals surface area contributed by atoms with Gasteiger partial charge in [0.15, 0.2) is 5.89 Å². The first kappa shape index (κ1) is 21.4. The van der Waals surface area contributed by atoms with Crippen LogP contribution < -0.4 is 9.46 Å². The van der Waals surface area contributed by atoms with Crippen LogP contribution in [0.25, 0.3) is 17.1 Å². The maximum Gasteiger partial charge on any atom is 0.261 e. The lowest BCUT2D eigenvalue weighted by Gasteiger charge is -2.10. The minimum Gasteiger partial charge on any atom is -0.449 e. The Balaban J connectivity index is 1.27. The van der Waals surface area contributed by atoms with Crippen LogP contribution in [-0.2, 0) is 10.0 Å². The third kappa shape index (κ3) is 4.66. The fraction of sp³-hybridized carbons (Fsp3) is 0.0417. The Bertz CT molecular complexity index is 1510. The molecule has 0 atom stereocenters. The van der Waals surface area contributed by atoms with Gasteiger partial charge in [-0.15, -0.1) is 0 Å². The molecule has 34 heavy (non-hydrogen) atoms. The molecule has 3 heterocycles. The molecule has 0 saturated heterocycles. The zero-order valence-electron chi connectivity index (χ0n) is 18.0. The summed E-state index contributed by atoms with van der Waals surface area (Å²) in [7, 11) is -3.77. The van der Waals surface area contributed by atoms with Crippen LogP contribution in [0, 0.1) is 6.92 Å². The lowest BCUT2D eigenvalue weighted by molar-refractivity contribution is 0.461. The number of nitrogens with zero attached hydrogens (tertiary/aromatic N) is 4. The van der Waals surface area contributed by atoms with Crippen molar-refractivity contribution in [2.45, 2.75) is 11.8 Å². The molecule has 9 nitrogen and oxygen atoms in total. The van der Waals surface area contributed by atoms with Gasteiger partial charge in [-0.25, -0.2) is 23.4 Å². The summed E-state index contributed by atoms with van der Waals surface area (Å²) in [6.07, 6.45) is 6.69. The molecule has 0 bridgehead atoms. The molecule has 2 aromatic carbocycles. The first-order chi connectivity index (χ1) is 16.5. The number of benzene rings is 2. The SMILES string of the molecule is Cc1nc(-c2ccc(S(=O)(=O)Nc3ccc(Oc4cc(-n5cccc5)ncn4)cc3)cc2)co1. The van der Waals surface area contributed by atoms with Crippen LogP contribution in [0.3, 0.4) is 0 Å². The van der Waals surface area contributed by atoms with Gasteiger partial charge < -0.3 is 13.7 Å². The van der Waals surface area contributed by atoms with E-state index in [0.29, 0.717) is 34.7 Å². The predicted octanol–water partition coefficient (Wildman–Crippen LogP) is 4.82. The van der Waals surface area contributed by atoms with E-state index in [-0.39, 0.29) is 4.90 Å². The van der Waals surface area contributed by atoms with E-state index in [4.69, 9.17) is 9.15 Å². The summed E-state index contributed by atoms with van der Waals surface area (Å²) in [4.78, 5) is 12.7. The highest BCUT2D eigenvalue weighted by atomic mass is 32.2. The molecule has 5 aromatic rings. The highest BCUT2D eigenvalue weighted by Crippen LogP contribution is 2.25. The van der Waals surface area contributed by atoms with Crippen molar-refractivity contribution in [1.29, 1.82) is 0 Å². The van der Waals surface area contributed by atoms with Crippen molar-refractivity contribution in [3.05, 3.63) is 97.6 Å². The van der Waals surface area contributed by atoms with Gasteiger partial charge in [-0.2, -0.15) is 0 Å². The van der Waals surface area contributed by atoms with Crippen molar-refractivity contribution in [3.63, 3.8) is 0 Å². The zero-order valence-corrected chi connectivity index (χ0v) is 18.8. The van der Waals surface area contributed by atoms with E-state index in [0.717, 1.165) is 5.56 Å². The van der Waals surface area contributed by atoms with Crippen molar-refractivity contribution >= 4 is 15.7 Å². The van der Waals surface area contributed by atoms with Crippen LogP contribution in [0.15, 0.2) is 101 Å². The molecule has 170 valence electrons. The van der Waals surface area contributed by atoms with Gasteiger partial charge in [0.1, 0.15) is 29.9 Å². The predicted molar refractivity (Wildman–Crippen MR) is 125 cm³/mol. The first-order valence-electron chi connectivity index (χ1n) is 10.2. The lowest BCUT2D eigenvalue weighted by atomic mass is 10.2. The third-order valence-corrected chi connectivity index (χ3v) is 6.30. The van der Waals surface area contributed by atoms with Crippen molar-refractivity contribution in [2.75, 3.05) is 4.72 Å². The topological polar surface area (TPSA) is 112 Å². The Morgan fingerprint density at radius 3 is 2.38 bits per heavy atom. The largest absolute Gasteiger partial charge is 0.449 e. The van der Waals surface area contributed by atoms with Crippen molar-refractivity contribution in [2.24, 2.45) is 0 Å². The van der Waals surface area contributed by atoms with Crippen molar-refractivity contribution < 1.29 is 17.6 Å². The van der Waals surface area contributed by atoms with Crippen LogP contribution in [0.1, 0.15) is 5.89 Å². The molecule has 0 radical (unpaired) electrons. The highest BCUT2D eigenvalue weighted by Gasteiger charge is 2.15. The maximum atomic E-state index is 12.8. The second kappa shape index (κ2) is 8.83. The van der Waals surface area contributed by atoms with E-state index in [2.05, 4.69) is 19.7 Å². The fourth-order valence-electron chi connectivity index (χ4n) is 3.24. The first-order valence-corrected chi connectivity index (χ1v) is 11.7. The second-order valence-electron chi connectivity index (χ2n) is 7.31. The number of oxazole rings is 1. The monoisotopic (exact) mass is 473 g/mol. The number of anilines is 1. The fourth-order valence-corrected chi connectivity index (χ4v) is 4.30. The normalized spacial score (nSPS) is 11.3.